The van der Waals surface area contributed by atoms with E-state index in [0.29, 0.717) is 11.8 Å². The van der Waals surface area contributed by atoms with Crippen molar-refractivity contribution in [3.8, 4) is 0 Å². The number of carbonyl (C=O) groups excluding carboxylic acids is 1. The van der Waals surface area contributed by atoms with Gasteiger partial charge in [-0.25, -0.2) is 8.78 Å². The SMILES string of the molecule is CN(C)c1ccc(C(F)(F)F)cc1NC(=O)c1cc(F)cc(F)c1. The number of amides is 1. The maximum atomic E-state index is 13.2. The molecule has 128 valence electrons. The summed E-state index contributed by atoms with van der Waals surface area (Å²) < 4.78 is 64.9. The van der Waals surface area contributed by atoms with Crippen LogP contribution >= 0.6 is 0 Å². The van der Waals surface area contributed by atoms with Crippen LogP contribution in [0.15, 0.2) is 36.4 Å². The van der Waals surface area contributed by atoms with Crippen molar-refractivity contribution in [2.24, 2.45) is 0 Å². The molecule has 24 heavy (non-hydrogen) atoms. The lowest BCUT2D eigenvalue weighted by molar-refractivity contribution is -0.137. The number of alkyl halides is 3. The van der Waals surface area contributed by atoms with Gasteiger partial charge in [0.25, 0.3) is 5.91 Å². The third-order valence-electron chi connectivity index (χ3n) is 3.18. The fourth-order valence-corrected chi connectivity index (χ4v) is 2.08. The van der Waals surface area contributed by atoms with Crippen molar-refractivity contribution in [3.63, 3.8) is 0 Å². The molecule has 0 unspecified atom stereocenters. The summed E-state index contributed by atoms with van der Waals surface area (Å²) in [5.41, 5.74) is -1.10. The van der Waals surface area contributed by atoms with E-state index in [1.165, 1.54) is 11.0 Å². The molecule has 0 saturated carbocycles. The normalized spacial score (nSPS) is 11.3. The van der Waals surface area contributed by atoms with Crippen LogP contribution in [0, 0.1) is 11.6 Å². The zero-order chi connectivity index (χ0) is 18.1. The summed E-state index contributed by atoms with van der Waals surface area (Å²) in [7, 11) is 3.17. The van der Waals surface area contributed by atoms with Gasteiger partial charge in [0.15, 0.2) is 0 Å². The molecule has 0 saturated heterocycles. The van der Waals surface area contributed by atoms with Gasteiger partial charge in [0.2, 0.25) is 0 Å². The zero-order valence-corrected chi connectivity index (χ0v) is 12.7. The van der Waals surface area contributed by atoms with E-state index in [1.54, 1.807) is 14.1 Å². The Kier molecular flexibility index (Phi) is 4.77. The summed E-state index contributed by atoms with van der Waals surface area (Å²) in [6.45, 7) is 0. The lowest BCUT2D eigenvalue weighted by atomic mass is 10.1. The topological polar surface area (TPSA) is 32.3 Å². The minimum Gasteiger partial charge on any atom is -0.376 e. The van der Waals surface area contributed by atoms with E-state index in [-0.39, 0.29) is 11.3 Å². The molecule has 0 aliphatic carbocycles. The molecule has 1 N–H and O–H groups in total. The van der Waals surface area contributed by atoms with Crippen molar-refractivity contribution in [2.45, 2.75) is 6.18 Å². The first-order chi connectivity index (χ1) is 11.1. The van der Waals surface area contributed by atoms with E-state index in [4.69, 9.17) is 0 Å². The van der Waals surface area contributed by atoms with E-state index < -0.39 is 29.3 Å². The monoisotopic (exact) mass is 344 g/mol. The van der Waals surface area contributed by atoms with Crippen LogP contribution in [0.1, 0.15) is 15.9 Å². The summed E-state index contributed by atoms with van der Waals surface area (Å²) in [5, 5.41) is 2.26. The molecule has 0 atom stereocenters. The largest absolute Gasteiger partial charge is 0.416 e. The first-order valence-corrected chi connectivity index (χ1v) is 6.74. The van der Waals surface area contributed by atoms with E-state index in [2.05, 4.69) is 5.32 Å². The van der Waals surface area contributed by atoms with Gasteiger partial charge in [-0.15, -0.1) is 0 Å². The van der Waals surface area contributed by atoms with Crippen molar-refractivity contribution in [1.29, 1.82) is 0 Å². The van der Waals surface area contributed by atoms with Gasteiger partial charge in [-0.2, -0.15) is 13.2 Å². The van der Waals surface area contributed by atoms with Crippen LogP contribution in [0.5, 0.6) is 0 Å². The van der Waals surface area contributed by atoms with Crippen LogP contribution in [0.3, 0.4) is 0 Å². The molecule has 0 aliphatic heterocycles. The second-order valence-electron chi connectivity index (χ2n) is 5.24. The van der Waals surface area contributed by atoms with Gasteiger partial charge >= 0.3 is 6.18 Å². The second kappa shape index (κ2) is 6.46. The number of hydrogen-bond donors (Lipinski definition) is 1. The molecular formula is C16H13F5N2O. The van der Waals surface area contributed by atoms with Crippen LogP contribution in [0.25, 0.3) is 0 Å². The zero-order valence-electron chi connectivity index (χ0n) is 12.7. The van der Waals surface area contributed by atoms with Crippen molar-refractivity contribution in [1.82, 2.24) is 0 Å². The summed E-state index contributed by atoms with van der Waals surface area (Å²) in [6, 6.07) is 5.02. The molecular weight excluding hydrogens is 331 g/mol. The van der Waals surface area contributed by atoms with Crippen molar-refractivity contribution < 1.29 is 26.7 Å². The number of hydrogen-bond acceptors (Lipinski definition) is 2. The maximum Gasteiger partial charge on any atom is 0.416 e. The Balaban J connectivity index is 2.41. The lowest BCUT2D eigenvalue weighted by Crippen LogP contribution is -2.18. The molecule has 2 aromatic carbocycles. The van der Waals surface area contributed by atoms with Gasteiger partial charge in [0, 0.05) is 25.7 Å². The predicted molar refractivity (Wildman–Crippen MR) is 80.1 cm³/mol. The highest BCUT2D eigenvalue weighted by molar-refractivity contribution is 6.06. The van der Waals surface area contributed by atoms with Gasteiger partial charge < -0.3 is 10.2 Å². The van der Waals surface area contributed by atoms with E-state index in [1.807, 2.05) is 0 Å². The molecule has 0 bridgehead atoms. The standard InChI is InChI=1S/C16H13F5N2O/c1-23(2)14-4-3-10(16(19,20)21)7-13(14)22-15(24)9-5-11(17)8-12(18)6-9/h3-8H,1-2H3,(H,22,24). The Morgan fingerprint density at radius 3 is 2.08 bits per heavy atom. The number of carbonyl (C=O) groups is 1. The minimum absolute atomic E-state index is 0.121. The summed E-state index contributed by atoms with van der Waals surface area (Å²) in [6.07, 6.45) is -4.59. The third kappa shape index (κ3) is 4.01. The van der Waals surface area contributed by atoms with Gasteiger partial charge in [-0.05, 0) is 30.3 Å². The average molecular weight is 344 g/mol. The first kappa shape index (κ1) is 17.7. The molecule has 2 aromatic rings. The van der Waals surface area contributed by atoms with Crippen LogP contribution in [-0.4, -0.2) is 20.0 Å². The second-order valence-corrected chi connectivity index (χ2v) is 5.24. The van der Waals surface area contributed by atoms with E-state index in [0.717, 1.165) is 24.3 Å². The highest BCUT2D eigenvalue weighted by atomic mass is 19.4. The van der Waals surface area contributed by atoms with E-state index in [9.17, 15) is 26.7 Å². The Morgan fingerprint density at radius 1 is 1.00 bits per heavy atom. The molecule has 0 aromatic heterocycles. The Morgan fingerprint density at radius 2 is 1.58 bits per heavy atom. The van der Waals surface area contributed by atoms with Gasteiger partial charge in [0.05, 0.1) is 16.9 Å². The minimum atomic E-state index is -4.59. The van der Waals surface area contributed by atoms with Crippen molar-refractivity contribution in [2.75, 3.05) is 24.3 Å². The Bertz CT molecular complexity index is 751. The van der Waals surface area contributed by atoms with Crippen molar-refractivity contribution >= 4 is 17.3 Å². The van der Waals surface area contributed by atoms with Crippen LogP contribution < -0.4 is 10.2 Å². The predicted octanol–water partition coefficient (Wildman–Crippen LogP) is 4.30. The number of benzene rings is 2. The Labute approximate surface area is 134 Å². The summed E-state index contributed by atoms with van der Waals surface area (Å²) in [4.78, 5) is 13.6. The number of anilines is 2. The highest BCUT2D eigenvalue weighted by Gasteiger charge is 2.31. The van der Waals surface area contributed by atoms with E-state index >= 15 is 0 Å². The molecule has 0 spiro atoms. The summed E-state index contributed by atoms with van der Waals surface area (Å²) >= 11 is 0. The quantitative estimate of drug-likeness (QED) is 0.842. The fraction of sp³-hybridized carbons (Fsp3) is 0.188. The first-order valence-electron chi connectivity index (χ1n) is 6.74. The van der Waals surface area contributed by atoms with Gasteiger partial charge in [0.1, 0.15) is 11.6 Å². The van der Waals surface area contributed by atoms with Crippen LogP contribution in [0.4, 0.5) is 33.3 Å². The molecule has 2 rings (SSSR count). The molecule has 0 heterocycles. The fourth-order valence-electron chi connectivity index (χ4n) is 2.08. The smallest absolute Gasteiger partial charge is 0.376 e. The number of nitrogens with one attached hydrogen (secondary N) is 1. The molecule has 0 fully saturated rings. The molecule has 3 nitrogen and oxygen atoms in total. The number of rotatable bonds is 3. The maximum absolute atomic E-state index is 13.2. The highest BCUT2D eigenvalue weighted by Crippen LogP contribution is 2.35. The van der Waals surface area contributed by atoms with Crippen LogP contribution in [0.2, 0.25) is 0 Å². The third-order valence-corrected chi connectivity index (χ3v) is 3.18. The molecule has 8 heteroatoms. The number of nitrogens with zero attached hydrogens (tertiary/aromatic N) is 1. The molecule has 0 radical (unpaired) electrons. The molecule has 0 aliphatic rings. The van der Waals surface area contributed by atoms with Gasteiger partial charge in [-0.3, -0.25) is 4.79 Å². The Hall–Kier alpha value is -2.64. The van der Waals surface area contributed by atoms with Crippen molar-refractivity contribution in [3.05, 3.63) is 59.2 Å². The molecule has 1 amide bonds. The lowest BCUT2D eigenvalue weighted by Gasteiger charge is -2.20. The van der Waals surface area contributed by atoms with Crippen LogP contribution in [-0.2, 0) is 6.18 Å². The number of halogens is 5. The summed E-state index contributed by atoms with van der Waals surface area (Å²) in [5.74, 6) is -2.84. The van der Waals surface area contributed by atoms with Gasteiger partial charge in [-0.1, -0.05) is 0 Å². The average Bonchev–Trinajstić information content (AvgIpc) is 2.44.